The molecular formula is C14H14N4OS2. The summed E-state index contributed by atoms with van der Waals surface area (Å²) in [5, 5.41) is 4.46. The number of carbonyl (C=O) groups is 1. The second kappa shape index (κ2) is 6.55. The van der Waals surface area contributed by atoms with E-state index in [1.54, 1.807) is 24.7 Å². The number of nitrogens with one attached hydrogen (secondary N) is 1. The Kier molecular flexibility index (Phi) is 4.77. The number of hydrogen-bond acceptors (Lipinski definition) is 6. The van der Waals surface area contributed by atoms with Gasteiger partial charge in [0.2, 0.25) is 0 Å². The lowest BCUT2D eigenvalue weighted by Crippen LogP contribution is -2.09. The van der Waals surface area contributed by atoms with Crippen molar-refractivity contribution in [1.29, 1.82) is 0 Å². The molecule has 0 saturated carbocycles. The molecule has 0 bridgehead atoms. The number of nitrogens with zero attached hydrogens (tertiary/aromatic N) is 3. The van der Waals surface area contributed by atoms with Crippen LogP contribution in [0.25, 0.3) is 10.6 Å². The number of pyridine rings is 1. The molecule has 0 aliphatic rings. The van der Waals surface area contributed by atoms with Gasteiger partial charge in [0.05, 0.1) is 5.69 Å². The second-order valence-corrected chi connectivity index (χ2v) is 5.84. The minimum Gasteiger partial charge on any atom is -0.311 e. The van der Waals surface area contributed by atoms with Gasteiger partial charge in [0, 0.05) is 24.2 Å². The Labute approximate surface area is 130 Å². The van der Waals surface area contributed by atoms with Crippen LogP contribution in [0.1, 0.15) is 22.8 Å². The lowest BCUT2D eigenvalue weighted by Gasteiger charge is -1.99. The van der Waals surface area contributed by atoms with Crippen LogP contribution in [-0.4, -0.2) is 20.2 Å². The molecule has 3 rings (SSSR count). The van der Waals surface area contributed by atoms with Crippen LogP contribution in [0.15, 0.2) is 36.8 Å². The molecule has 0 atom stereocenters. The summed E-state index contributed by atoms with van der Waals surface area (Å²) < 4.78 is 3.92. The highest BCUT2D eigenvalue weighted by Crippen LogP contribution is 2.31. The molecule has 5 nitrogen and oxygen atoms in total. The number of amides is 1. The van der Waals surface area contributed by atoms with Gasteiger partial charge in [-0.3, -0.25) is 9.78 Å². The molecule has 108 valence electrons. The molecule has 0 fully saturated rings. The Bertz CT molecular complexity index is 723. The van der Waals surface area contributed by atoms with Crippen molar-refractivity contribution >= 4 is 33.8 Å². The van der Waals surface area contributed by atoms with Crippen molar-refractivity contribution in [3.63, 3.8) is 0 Å². The van der Waals surface area contributed by atoms with Crippen molar-refractivity contribution in [2.75, 3.05) is 5.32 Å². The van der Waals surface area contributed by atoms with Gasteiger partial charge in [-0.15, -0.1) is 0 Å². The number of rotatable bonds is 3. The van der Waals surface area contributed by atoms with Gasteiger partial charge >= 0.3 is 0 Å². The largest absolute Gasteiger partial charge is 0.311 e. The lowest BCUT2D eigenvalue weighted by molar-refractivity contribution is 0.103. The van der Waals surface area contributed by atoms with Crippen molar-refractivity contribution in [3.05, 3.63) is 47.4 Å². The molecule has 0 aliphatic carbocycles. The number of hydrogen-bond donors (Lipinski definition) is 1. The standard InChI is InChI=1S/C13H10N4OS2.CH4/c1-8-12(17-11(18)10-4-6-15-20-10)19-13(16-8)9-3-2-5-14-7-9;/h2-7H,1H3,(H,17,18);1H4. The van der Waals surface area contributed by atoms with Gasteiger partial charge in [-0.25, -0.2) is 9.36 Å². The molecule has 21 heavy (non-hydrogen) atoms. The van der Waals surface area contributed by atoms with Gasteiger partial charge in [0.15, 0.2) is 0 Å². The molecule has 1 amide bonds. The van der Waals surface area contributed by atoms with Crippen molar-refractivity contribution in [2.45, 2.75) is 14.4 Å². The van der Waals surface area contributed by atoms with E-state index in [4.69, 9.17) is 0 Å². The zero-order valence-corrected chi connectivity index (χ0v) is 12.2. The number of thiazole rings is 1. The van der Waals surface area contributed by atoms with E-state index < -0.39 is 0 Å². The first-order valence-electron chi connectivity index (χ1n) is 5.84. The summed E-state index contributed by atoms with van der Waals surface area (Å²) >= 11 is 2.61. The molecule has 3 aromatic rings. The first kappa shape index (κ1) is 15.3. The quantitative estimate of drug-likeness (QED) is 0.796. The first-order valence-corrected chi connectivity index (χ1v) is 7.43. The summed E-state index contributed by atoms with van der Waals surface area (Å²) in [4.78, 5) is 21.1. The third-order valence-corrected chi connectivity index (χ3v) is 4.46. The van der Waals surface area contributed by atoms with Crippen LogP contribution >= 0.6 is 22.9 Å². The molecular weight excluding hydrogens is 304 g/mol. The molecule has 0 spiro atoms. The summed E-state index contributed by atoms with van der Waals surface area (Å²) in [6.45, 7) is 1.87. The zero-order valence-electron chi connectivity index (χ0n) is 10.5. The average molecular weight is 318 g/mol. The van der Waals surface area contributed by atoms with Gasteiger partial charge in [-0.05, 0) is 36.7 Å². The van der Waals surface area contributed by atoms with E-state index in [-0.39, 0.29) is 13.3 Å². The molecule has 7 heteroatoms. The molecule has 3 aromatic heterocycles. The number of aryl methyl sites for hydroxylation is 1. The lowest BCUT2D eigenvalue weighted by atomic mass is 10.3. The fourth-order valence-corrected chi connectivity index (χ4v) is 3.07. The van der Waals surface area contributed by atoms with Crippen LogP contribution in [0.3, 0.4) is 0 Å². The molecule has 0 saturated heterocycles. The van der Waals surface area contributed by atoms with Gasteiger partial charge in [-0.1, -0.05) is 18.8 Å². The highest BCUT2D eigenvalue weighted by atomic mass is 32.1. The third-order valence-electron chi connectivity index (χ3n) is 2.59. The van der Waals surface area contributed by atoms with Gasteiger partial charge in [0.25, 0.3) is 5.91 Å². The highest BCUT2D eigenvalue weighted by molar-refractivity contribution is 7.19. The van der Waals surface area contributed by atoms with Crippen LogP contribution in [0.5, 0.6) is 0 Å². The van der Waals surface area contributed by atoms with E-state index in [1.165, 1.54) is 22.9 Å². The normalized spacial score (nSPS) is 9.95. The number of aromatic nitrogens is 3. The van der Waals surface area contributed by atoms with Crippen molar-refractivity contribution < 1.29 is 4.79 Å². The minimum atomic E-state index is -0.156. The zero-order chi connectivity index (χ0) is 13.9. The molecule has 1 N–H and O–H groups in total. The first-order chi connectivity index (χ1) is 9.74. The number of anilines is 1. The van der Waals surface area contributed by atoms with E-state index in [0.29, 0.717) is 4.88 Å². The van der Waals surface area contributed by atoms with Crippen LogP contribution in [0.4, 0.5) is 5.00 Å². The molecule has 0 unspecified atom stereocenters. The second-order valence-electron chi connectivity index (χ2n) is 4.01. The minimum absolute atomic E-state index is 0. The topological polar surface area (TPSA) is 67.8 Å². The Morgan fingerprint density at radius 1 is 1.29 bits per heavy atom. The maximum absolute atomic E-state index is 12.0. The van der Waals surface area contributed by atoms with Crippen molar-refractivity contribution in [1.82, 2.24) is 14.3 Å². The van der Waals surface area contributed by atoms with Gasteiger partial charge in [-0.2, -0.15) is 0 Å². The molecule has 3 heterocycles. The van der Waals surface area contributed by atoms with E-state index in [2.05, 4.69) is 19.7 Å². The maximum Gasteiger partial charge on any atom is 0.268 e. The van der Waals surface area contributed by atoms with Crippen molar-refractivity contribution in [3.8, 4) is 10.6 Å². The van der Waals surface area contributed by atoms with Crippen molar-refractivity contribution in [2.24, 2.45) is 0 Å². The molecule has 0 aromatic carbocycles. The van der Waals surface area contributed by atoms with E-state index in [9.17, 15) is 4.79 Å². The van der Waals surface area contributed by atoms with Crippen LogP contribution in [0.2, 0.25) is 0 Å². The highest BCUT2D eigenvalue weighted by Gasteiger charge is 2.14. The van der Waals surface area contributed by atoms with E-state index in [1.807, 2.05) is 19.1 Å². The SMILES string of the molecule is C.Cc1nc(-c2cccnc2)sc1NC(=O)c1ccns1. The van der Waals surface area contributed by atoms with E-state index >= 15 is 0 Å². The monoisotopic (exact) mass is 318 g/mol. The Balaban J connectivity index is 0.00000161. The van der Waals surface area contributed by atoms with E-state index in [0.717, 1.165) is 21.3 Å². The summed E-state index contributed by atoms with van der Waals surface area (Å²) in [6, 6.07) is 5.50. The Hall–Kier alpha value is -2.12. The maximum atomic E-state index is 12.0. The van der Waals surface area contributed by atoms with Gasteiger partial charge in [0.1, 0.15) is 14.9 Å². The van der Waals surface area contributed by atoms with Crippen LogP contribution in [-0.2, 0) is 0 Å². The summed E-state index contributed by atoms with van der Waals surface area (Å²) in [5.41, 5.74) is 1.74. The third kappa shape index (κ3) is 3.32. The Morgan fingerprint density at radius 3 is 2.81 bits per heavy atom. The van der Waals surface area contributed by atoms with Crippen LogP contribution < -0.4 is 5.32 Å². The predicted molar refractivity (Wildman–Crippen MR) is 86.9 cm³/mol. The van der Waals surface area contributed by atoms with Crippen LogP contribution in [0, 0.1) is 6.92 Å². The predicted octanol–water partition coefficient (Wildman–Crippen LogP) is 3.86. The summed E-state index contributed by atoms with van der Waals surface area (Å²) in [5.74, 6) is -0.156. The summed E-state index contributed by atoms with van der Waals surface area (Å²) in [7, 11) is 0. The molecule has 0 radical (unpaired) electrons. The number of carbonyl (C=O) groups excluding carboxylic acids is 1. The smallest absolute Gasteiger partial charge is 0.268 e. The van der Waals surface area contributed by atoms with Gasteiger partial charge < -0.3 is 5.32 Å². The average Bonchev–Trinajstić information content (AvgIpc) is 3.10. The Morgan fingerprint density at radius 2 is 2.14 bits per heavy atom. The fourth-order valence-electron chi connectivity index (χ4n) is 1.62. The summed E-state index contributed by atoms with van der Waals surface area (Å²) in [6.07, 6.45) is 5.09. The molecule has 0 aliphatic heterocycles. The fraction of sp³-hybridized carbons (Fsp3) is 0.143.